The Morgan fingerprint density at radius 1 is 1.12 bits per heavy atom. The molecule has 6 heteroatoms. The molecule has 2 aromatic rings. The van der Waals surface area contributed by atoms with Crippen molar-refractivity contribution in [2.24, 2.45) is 0 Å². The van der Waals surface area contributed by atoms with Gasteiger partial charge in [-0.05, 0) is 67.5 Å². The van der Waals surface area contributed by atoms with E-state index in [4.69, 9.17) is 0 Å². The van der Waals surface area contributed by atoms with E-state index in [2.05, 4.69) is 21.5 Å². The van der Waals surface area contributed by atoms with Crippen LogP contribution >= 0.6 is 0 Å². The smallest absolute Gasteiger partial charge is 0.263 e. The number of aromatic nitrogens is 1. The number of rotatable bonds is 7. The molecule has 0 saturated carbocycles. The zero-order chi connectivity index (χ0) is 18.6. The standard InChI is InChI=1S/C20H27N3O2S/c1-3-4-13-23(2)18-10-12-20(21-15-18)22-26(24,25)19-11-9-16-7-5-6-8-17(16)14-19/h9-12,14-15H,3-8,13H2,1-2H3,(H,21,22). The maximum atomic E-state index is 12.7. The van der Waals surface area contributed by atoms with Gasteiger partial charge < -0.3 is 4.90 Å². The minimum Gasteiger partial charge on any atom is -0.373 e. The van der Waals surface area contributed by atoms with E-state index in [1.54, 1.807) is 18.3 Å². The van der Waals surface area contributed by atoms with Gasteiger partial charge in [0.05, 0.1) is 16.8 Å². The van der Waals surface area contributed by atoms with Crippen LogP contribution in [0.15, 0.2) is 41.4 Å². The lowest BCUT2D eigenvalue weighted by Gasteiger charge is -2.19. The Morgan fingerprint density at radius 3 is 2.58 bits per heavy atom. The molecule has 0 radical (unpaired) electrons. The van der Waals surface area contributed by atoms with Crippen LogP contribution in [0.25, 0.3) is 0 Å². The first-order valence-electron chi connectivity index (χ1n) is 9.31. The van der Waals surface area contributed by atoms with E-state index in [0.29, 0.717) is 10.7 Å². The van der Waals surface area contributed by atoms with E-state index in [0.717, 1.165) is 49.9 Å². The Labute approximate surface area is 156 Å². The quantitative estimate of drug-likeness (QED) is 0.797. The third kappa shape index (κ3) is 4.36. The van der Waals surface area contributed by atoms with Gasteiger partial charge in [-0.3, -0.25) is 4.72 Å². The number of aryl methyl sites for hydroxylation is 2. The monoisotopic (exact) mass is 373 g/mol. The number of anilines is 2. The lowest BCUT2D eigenvalue weighted by molar-refractivity contribution is 0.600. The number of hydrogen-bond acceptors (Lipinski definition) is 4. The Morgan fingerprint density at radius 2 is 1.88 bits per heavy atom. The zero-order valence-electron chi connectivity index (χ0n) is 15.5. The highest BCUT2D eigenvalue weighted by Crippen LogP contribution is 2.25. The summed E-state index contributed by atoms with van der Waals surface area (Å²) < 4.78 is 28.0. The molecule has 0 aliphatic heterocycles. The number of nitrogens with one attached hydrogen (secondary N) is 1. The summed E-state index contributed by atoms with van der Waals surface area (Å²) in [6, 6.07) is 9.06. The summed E-state index contributed by atoms with van der Waals surface area (Å²) in [6.07, 6.45) is 8.26. The Bertz CT molecular complexity index is 848. The second kappa shape index (κ2) is 8.08. The van der Waals surface area contributed by atoms with Crippen molar-refractivity contribution in [2.75, 3.05) is 23.2 Å². The largest absolute Gasteiger partial charge is 0.373 e. The molecule has 1 aromatic heterocycles. The molecule has 140 valence electrons. The third-order valence-electron chi connectivity index (χ3n) is 4.90. The fourth-order valence-electron chi connectivity index (χ4n) is 3.27. The average molecular weight is 374 g/mol. The molecule has 0 atom stereocenters. The predicted molar refractivity (Wildman–Crippen MR) is 106 cm³/mol. The van der Waals surface area contributed by atoms with Gasteiger partial charge in [0, 0.05) is 13.6 Å². The van der Waals surface area contributed by atoms with Gasteiger partial charge in [0.25, 0.3) is 10.0 Å². The van der Waals surface area contributed by atoms with Crippen LogP contribution in [0, 0.1) is 0 Å². The van der Waals surface area contributed by atoms with Gasteiger partial charge in [0.15, 0.2) is 0 Å². The second-order valence-electron chi connectivity index (χ2n) is 6.92. The van der Waals surface area contributed by atoms with Crippen molar-refractivity contribution < 1.29 is 8.42 Å². The lowest BCUT2D eigenvalue weighted by Crippen LogP contribution is -2.19. The first-order valence-corrected chi connectivity index (χ1v) is 10.8. The van der Waals surface area contributed by atoms with E-state index in [1.165, 1.54) is 12.0 Å². The molecule has 1 N–H and O–H groups in total. The van der Waals surface area contributed by atoms with Crippen molar-refractivity contribution in [1.82, 2.24) is 4.98 Å². The van der Waals surface area contributed by atoms with Crippen molar-refractivity contribution >= 4 is 21.5 Å². The molecule has 1 heterocycles. The number of hydrogen-bond donors (Lipinski definition) is 1. The normalized spacial score (nSPS) is 13.9. The number of pyridine rings is 1. The zero-order valence-corrected chi connectivity index (χ0v) is 16.3. The van der Waals surface area contributed by atoms with E-state index in [1.807, 2.05) is 25.2 Å². The summed E-state index contributed by atoms with van der Waals surface area (Å²) >= 11 is 0. The van der Waals surface area contributed by atoms with Gasteiger partial charge in [-0.25, -0.2) is 13.4 Å². The number of sulfonamides is 1. The minimum atomic E-state index is -3.62. The van der Waals surface area contributed by atoms with Crippen molar-refractivity contribution in [2.45, 2.75) is 50.3 Å². The van der Waals surface area contributed by atoms with Crippen LogP contribution < -0.4 is 9.62 Å². The number of fused-ring (bicyclic) bond motifs is 1. The van der Waals surface area contributed by atoms with Crippen LogP contribution in [-0.4, -0.2) is 27.0 Å². The number of benzene rings is 1. The van der Waals surface area contributed by atoms with Crippen LogP contribution in [0.1, 0.15) is 43.7 Å². The van der Waals surface area contributed by atoms with Gasteiger partial charge in [0.2, 0.25) is 0 Å². The van der Waals surface area contributed by atoms with Gasteiger partial charge in [-0.2, -0.15) is 0 Å². The summed E-state index contributed by atoms with van der Waals surface area (Å²) in [6.45, 7) is 3.11. The predicted octanol–water partition coefficient (Wildman–Crippen LogP) is 4.00. The summed E-state index contributed by atoms with van der Waals surface area (Å²) in [5, 5.41) is 0. The SMILES string of the molecule is CCCCN(C)c1ccc(NS(=O)(=O)c2ccc3c(c2)CCCC3)nc1. The van der Waals surface area contributed by atoms with Crippen LogP contribution in [0.2, 0.25) is 0 Å². The summed E-state index contributed by atoms with van der Waals surface area (Å²) in [5.74, 6) is 0.343. The van der Waals surface area contributed by atoms with Gasteiger partial charge in [-0.15, -0.1) is 0 Å². The molecule has 1 aliphatic rings. The molecule has 3 rings (SSSR count). The highest BCUT2D eigenvalue weighted by Gasteiger charge is 2.18. The van der Waals surface area contributed by atoms with Crippen LogP contribution in [0.4, 0.5) is 11.5 Å². The Balaban J connectivity index is 1.73. The van der Waals surface area contributed by atoms with Crippen LogP contribution in [0.5, 0.6) is 0 Å². The molecule has 5 nitrogen and oxygen atoms in total. The summed E-state index contributed by atoms with van der Waals surface area (Å²) in [5.41, 5.74) is 3.41. The third-order valence-corrected chi connectivity index (χ3v) is 6.26. The van der Waals surface area contributed by atoms with Gasteiger partial charge >= 0.3 is 0 Å². The number of nitrogens with zero attached hydrogens (tertiary/aromatic N) is 2. The van der Waals surface area contributed by atoms with Gasteiger partial charge in [-0.1, -0.05) is 19.4 Å². The van der Waals surface area contributed by atoms with E-state index in [9.17, 15) is 8.42 Å². The Hall–Kier alpha value is -2.08. The molecule has 0 bridgehead atoms. The second-order valence-corrected chi connectivity index (χ2v) is 8.60. The summed E-state index contributed by atoms with van der Waals surface area (Å²) in [7, 11) is -1.60. The fourth-order valence-corrected chi connectivity index (χ4v) is 4.33. The molecule has 0 fully saturated rings. The van der Waals surface area contributed by atoms with E-state index >= 15 is 0 Å². The maximum Gasteiger partial charge on any atom is 0.263 e. The highest BCUT2D eigenvalue weighted by molar-refractivity contribution is 7.92. The molecule has 1 aromatic carbocycles. The maximum absolute atomic E-state index is 12.7. The molecule has 0 spiro atoms. The topological polar surface area (TPSA) is 62.3 Å². The first-order chi connectivity index (χ1) is 12.5. The Kier molecular flexibility index (Phi) is 5.81. The average Bonchev–Trinajstić information content (AvgIpc) is 2.66. The fraction of sp³-hybridized carbons (Fsp3) is 0.450. The molecule has 0 amide bonds. The van der Waals surface area contributed by atoms with Crippen molar-refractivity contribution in [3.63, 3.8) is 0 Å². The van der Waals surface area contributed by atoms with E-state index < -0.39 is 10.0 Å². The molecule has 0 saturated heterocycles. The van der Waals surface area contributed by atoms with Crippen LogP contribution in [-0.2, 0) is 22.9 Å². The summed E-state index contributed by atoms with van der Waals surface area (Å²) in [4.78, 5) is 6.71. The molecule has 1 aliphatic carbocycles. The van der Waals surface area contributed by atoms with E-state index in [-0.39, 0.29) is 0 Å². The van der Waals surface area contributed by atoms with Crippen molar-refractivity contribution in [1.29, 1.82) is 0 Å². The van der Waals surface area contributed by atoms with Crippen molar-refractivity contribution in [3.05, 3.63) is 47.7 Å². The number of unbranched alkanes of at least 4 members (excludes halogenated alkanes) is 1. The van der Waals surface area contributed by atoms with Crippen LogP contribution in [0.3, 0.4) is 0 Å². The molecular formula is C20H27N3O2S. The van der Waals surface area contributed by atoms with Crippen molar-refractivity contribution in [3.8, 4) is 0 Å². The molecular weight excluding hydrogens is 346 g/mol. The first kappa shape index (κ1) is 18.7. The molecule has 26 heavy (non-hydrogen) atoms. The van der Waals surface area contributed by atoms with Gasteiger partial charge in [0.1, 0.15) is 5.82 Å². The molecule has 0 unspecified atom stereocenters. The highest BCUT2D eigenvalue weighted by atomic mass is 32.2. The lowest BCUT2D eigenvalue weighted by atomic mass is 9.92. The minimum absolute atomic E-state index is 0.309.